The predicted molar refractivity (Wildman–Crippen MR) is 279 cm³/mol. The van der Waals surface area contributed by atoms with Crippen LogP contribution in [-0.4, -0.2) is 6.71 Å². The molecule has 6 aromatic carbocycles. The Morgan fingerprint density at radius 3 is 1.63 bits per heavy atom. The standard InChI is InChI=1S/C61H67BN2O/c1-36-15-18-39(19-16-36)42-24-17-37(2)29-49(42)64-50-34-46-45(59(9,10)26-27-60(46,11)12)33-48(50)62-54-51(30-38(3)31-52(54)64)63(41-22-20-40(21-23-41)57(4,5)6)55-43-32-44-47(35-53(43)65-56(55)62)61(13,14)28-25-58(44,7)8/h15-24,29-35H,25-28H2,1-14H3. The smallest absolute Gasteiger partial charge is 0.297 e. The molecule has 2 aliphatic carbocycles. The van der Waals surface area contributed by atoms with E-state index in [1.54, 1.807) is 0 Å². The summed E-state index contributed by atoms with van der Waals surface area (Å²) in [5, 5.41) is 1.21. The Labute approximate surface area is 389 Å². The highest BCUT2D eigenvalue weighted by Crippen LogP contribution is 2.54. The van der Waals surface area contributed by atoms with Crippen molar-refractivity contribution in [1.82, 2.24) is 0 Å². The minimum Gasteiger partial charge on any atom is -0.468 e. The molecular weight excluding hydrogens is 787 g/mol. The van der Waals surface area contributed by atoms with Crippen LogP contribution >= 0.6 is 0 Å². The van der Waals surface area contributed by atoms with Crippen molar-refractivity contribution in [3.05, 3.63) is 148 Å². The lowest BCUT2D eigenvalue weighted by atomic mass is 9.35. The van der Waals surface area contributed by atoms with E-state index in [-0.39, 0.29) is 33.8 Å². The zero-order chi connectivity index (χ0) is 45.9. The van der Waals surface area contributed by atoms with Gasteiger partial charge in [0.25, 0.3) is 6.71 Å². The van der Waals surface area contributed by atoms with Crippen LogP contribution in [0.4, 0.5) is 34.1 Å². The lowest BCUT2D eigenvalue weighted by Crippen LogP contribution is -2.61. The maximum atomic E-state index is 7.63. The third-order valence-electron chi connectivity index (χ3n) is 16.5. The fourth-order valence-electron chi connectivity index (χ4n) is 12.2. The molecule has 65 heavy (non-hydrogen) atoms. The van der Waals surface area contributed by atoms with Crippen LogP contribution in [-0.2, 0) is 27.1 Å². The summed E-state index contributed by atoms with van der Waals surface area (Å²) in [5.74, 6) is 0. The first kappa shape index (κ1) is 42.2. The molecule has 0 amide bonds. The molecule has 0 saturated carbocycles. The van der Waals surface area contributed by atoms with Crippen LogP contribution in [0.3, 0.4) is 0 Å². The first-order valence-electron chi connectivity index (χ1n) is 24.4. The Balaban J connectivity index is 1.29. The molecule has 4 aliphatic rings. The Kier molecular flexibility index (Phi) is 8.95. The van der Waals surface area contributed by atoms with Crippen molar-refractivity contribution in [1.29, 1.82) is 0 Å². The lowest BCUT2D eigenvalue weighted by Gasteiger charge is -2.47. The maximum absolute atomic E-state index is 7.63. The largest absolute Gasteiger partial charge is 0.468 e. The van der Waals surface area contributed by atoms with Gasteiger partial charge in [0.2, 0.25) is 0 Å². The first-order chi connectivity index (χ1) is 30.5. The number of hydrogen-bond acceptors (Lipinski definition) is 3. The second kappa shape index (κ2) is 13.8. The quantitative estimate of drug-likeness (QED) is 0.165. The minimum atomic E-state index is -0.115. The summed E-state index contributed by atoms with van der Waals surface area (Å²) < 4.78 is 7.63. The monoisotopic (exact) mass is 855 g/mol. The van der Waals surface area contributed by atoms with Gasteiger partial charge in [-0.05, 0) is 177 Å². The highest BCUT2D eigenvalue weighted by atomic mass is 16.3. The number of aryl methyl sites for hydroxylation is 3. The van der Waals surface area contributed by atoms with E-state index in [0.29, 0.717) is 0 Å². The molecule has 0 atom stereocenters. The number of furan rings is 1. The SMILES string of the molecule is Cc1ccc(-c2ccc(C)cc2N2c3cc4c(cc3B3c5oc6cc7c(cc6c5N(c5ccc(C(C)(C)C)cc5)c5cc(C)cc2c53)C(C)(C)CCC7(C)C)C(C)(C)CCC4(C)C)cc1. The van der Waals surface area contributed by atoms with Gasteiger partial charge in [-0.1, -0.05) is 136 Å². The van der Waals surface area contributed by atoms with Gasteiger partial charge in [-0.25, -0.2) is 0 Å². The van der Waals surface area contributed by atoms with Gasteiger partial charge >= 0.3 is 0 Å². The van der Waals surface area contributed by atoms with Gasteiger partial charge in [0.1, 0.15) is 5.58 Å². The number of fused-ring (bicyclic) bond motifs is 8. The molecule has 330 valence electrons. The van der Waals surface area contributed by atoms with Gasteiger partial charge in [-0.3, -0.25) is 0 Å². The van der Waals surface area contributed by atoms with Crippen LogP contribution < -0.4 is 26.4 Å². The summed E-state index contributed by atoms with van der Waals surface area (Å²) >= 11 is 0. The molecule has 0 bridgehead atoms. The number of hydrogen-bond donors (Lipinski definition) is 0. The van der Waals surface area contributed by atoms with Crippen molar-refractivity contribution in [2.24, 2.45) is 0 Å². The van der Waals surface area contributed by atoms with Gasteiger partial charge in [0.05, 0.1) is 17.0 Å². The molecule has 1 aromatic heterocycles. The summed E-state index contributed by atoms with van der Waals surface area (Å²) in [6, 6.07) is 40.7. The summed E-state index contributed by atoms with van der Waals surface area (Å²) in [4.78, 5) is 5.23. The highest BCUT2D eigenvalue weighted by Gasteiger charge is 2.50. The van der Waals surface area contributed by atoms with Crippen molar-refractivity contribution in [3.63, 3.8) is 0 Å². The van der Waals surface area contributed by atoms with Crippen LogP contribution in [0.2, 0.25) is 0 Å². The normalized spacial score (nSPS) is 18.5. The number of rotatable bonds is 3. The third kappa shape index (κ3) is 6.36. The van der Waals surface area contributed by atoms with Crippen LogP contribution in [0.1, 0.15) is 146 Å². The van der Waals surface area contributed by atoms with Gasteiger partial charge in [-0.15, -0.1) is 0 Å². The zero-order valence-corrected chi connectivity index (χ0v) is 41.5. The van der Waals surface area contributed by atoms with Crippen molar-refractivity contribution in [2.75, 3.05) is 9.80 Å². The van der Waals surface area contributed by atoms with Crippen molar-refractivity contribution < 1.29 is 4.42 Å². The minimum absolute atomic E-state index is 0.0277. The first-order valence-corrected chi connectivity index (χ1v) is 24.4. The molecule has 2 aliphatic heterocycles. The molecule has 11 rings (SSSR count). The van der Waals surface area contributed by atoms with Crippen molar-refractivity contribution in [2.45, 2.75) is 150 Å². The van der Waals surface area contributed by atoms with Crippen LogP contribution in [0.5, 0.6) is 0 Å². The highest BCUT2D eigenvalue weighted by molar-refractivity contribution is 7.00. The van der Waals surface area contributed by atoms with E-state index < -0.39 is 0 Å². The number of anilines is 6. The van der Waals surface area contributed by atoms with E-state index in [1.807, 2.05) is 0 Å². The Morgan fingerprint density at radius 1 is 0.508 bits per heavy atom. The Morgan fingerprint density at radius 2 is 1.03 bits per heavy atom. The average Bonchev–Trinajstić information content (AvgIpc) is 3.61. The fraction of sp³-hybridized carbons (Fsp3) is 0.377. The van der Waals surface area contributed by atoms with Crippen LogP contribution in [0.15, 0.2) is 108 Å². The second-order valence-electron chi connectivity index (χ2n) is 24.2. The molecule has 3 heterocycles. The molecule has 4 heteroatoms. The van der Waals surface area contributed by atoms with Gasteiger partial charge < -0.3 is 14.2 Å². The molecule has 3 nitrogen and oxygen atoms in total. The summed E-state index contributed by atoms with van der Waals surface area (Å²) in [6.45, 7) is 33.1. The topological polar surface area (TPSA) is 19.6 Å². The third-order valence-corrected chi connectivity index (χ3v) is 16.5. The molecule has 0 fully saturated rings. The van der Waals surface area contributed by atoms with Gasteiger partial charge in [-0.2, -0.15) is 0 Å². The second-order valence-corrected chi connectivity index (χ2v) is 24.2. The molecule has 0 saturated heterocycles. The van der Waals surface area contributed by atoms with E-state index in [9.17, 15) is 0 Å². The van der Waals surface area contributed by atoms with E-state index in [4.69, 9.17) is 4.42 Å². The summed E-state index contributed by atoms with van der Waals surface area (Å²) in [7, 11) is 0. The van der Waals surface area contributed by atoms with Crippen LogP contribution in [0.25, 0.3) is 22.1 Å². The van der Waals surface area contributed by atoms with E-state index in [2.05, 4.69) is 210 Å². The molecule has 7 aromatic rings. The Hall–Kier alpha value is -5.48. The molecule has 0 radical (unpaired) electrons. The number of nitrogens with zero attached hydrogens (tertiary/aromatic N) is 2. The van der Waals surface area contributed by atoms with Gasteiger partial charge in [0.15, 0.2) is 0 Å². The lowest BCUT2D eigenvalue weighted by molar-refractivity contribution is 0.332. The number of benzene rings is 6. The van der Waals surface area contributed by atoms with Gasteiger partial charge in [0, 0.05) is 33.7 Å². The summed E-state index contributed by atoms with van der Waals surface area (Å²) in [5.41, 5.74) is 25.5. The molecule has 0 spiro atoms. The average molecular weight is 855 g/mol. The van der Waals surface area contributed by atoms with Crippen LogP contribution in [0, 0.1) is 20.8 Å². The molecule has 0 N–H and O–H groups in total. The Bertz CT molecular complexity index is 3110. The predicted octanol–water partition coefficient (Wildman–Crippen LogP) is 15.1. The van der Waals surface area contributed by atoms with E-state index in [1.165, 1.54) is 100 Å². The summed E-state index contributed by atoms with van der Waals surface area (Å²) in [6.07, 6.45) is 4.63. The molecule has 0 unspecified atom stereocenters. The van der Waals surface area contributed by atoms with Crippen molar-refractivity contribution >= 4 is 68.4 Å². The van der Waals surface area contributed by atoms with E-state index in [0.717, 1.165) is 42.6 Å². The fourth-order valence-corrected chi connectivity index (χ4v) is 12.2. The van der Waals surface area contributed by atoms with E-state index >= 15 is 0 Å². The zero-order valence-electron chi connectivity index (χ0n) is 41.5. The molecular formula is C61H67BN2O. The van der Waals surface area contributed by atoms with Crippen molar-refractivity contribution in [3.8, 4) is 11.1 Å². The maximum Gasteiger partial charge on any atom is 0.297 e.